The maximum Gasteiger partial charge on any atom is 0.280 e. The van der Waals surface area contributed by atoms with Gasteiger partial charge in [0, 0.05) is 11.1 Å². The van der Waals surface area contributed by atoms with Crippen molar-refractivity contribution in [2.45, 2.75) is 0 Å². The maximum absolute atomic E-state index is 12.5. The quantitative estimate of drug-likeness (QED) is 0.506. The van der Waals surface area contributed by atoms with E-state index in [1.54, 1.807) is 62.8 Å². The Hall–Kier alpha value is -2.96. The van der Waals surface area contributed by atoms with Crippen LogP contribution < -0.4 is 20.6 Å². The summed E-state index contributed by atoms with van der Waals surface area (Å²) in [6, 6.07) is 14.1. The highest BCUT2D eigenvalue weighted by molar-refractivity contribution is 5.85. The Morgan fingerprint density at radius 2 is 0.929 bits per heavy atom. The molecular formula is C20H16Cl2N2O4. The predicted octanol–water partition coefficient (Wildman–Crippen LogP) is 2.99. The summed E-state index contributed by atoms with van der Waals surface area (Å²) in [6.07, 6.45) is 0. The van der Waals surface area contributed by atoms with E-state index in [2.05, 4.69) is 9.97 Å². The van der Waals surface area contributed by atoms with Crippen LogP contribution in [-0.4, -0.2) is 24.2 Å². The molecule has 6 nitrogen and oxygen atoms in total. The number of hydrogen-bond acceptors (Lipinski definition) is 6. The fourth-order valence-electron chi connectivity index (χ4n) is 3.00. The number of halogens is 2. The van der Waals surface area contributed by atoms with Crippen LogP contribution in [0.25, 0.3) is 22.5 Å². The zero-order valence-corrected chi connectivity index (χ0v) is 16.6. The fraction of sp³-hybridized carbons (Fsp3) is 0.100. The average Bonchev–Trinajstić information content (AvgIpc) is 3.21. The summed E-state index contributed by atoms with van der Waals surface area (Å²) < 4.78 is 10.3. The smallest absolute Gasteiger partial charge is 0.280 e. The van der Waals surface area contributed by atoms with E-state index in [9.17, 15) is 9.59 Å². The molecular weight excluding hydrogens is 403 g/mol. The van der Waals surface area contributed by atoms with Crippen LogP contribution in [0.4, 0.5) is 0 Å². The van der Waals surface area contributed by atoms with E-state index in [4.69, 9.17) is 9.47 Å². The van der Waals surface area contributed by atoms with Crippen LogP contribution in [0, 0.1) is 10.4 Å². The molecule has 0 unspecified atom stereocenters. The van der Waals surface area contributed by atoms with Crippen LogP contribution in [-0.2, 0) is 0 Å². The lowest BCUT2D eigenvalue weighted by Gasteiger charge is -2.00. The van der Waals surface area contributed by atoms with Gasteiger partial charge in [-0.3, -0.25) is 9.59 Å². The SMILES string of the molecule is COc1ccc(-c2nc(=O)c3c(-c4ccc(OC)cc4)nc(=O)c2=3)cc1.Cl.Cl. The average molecular weight is 419 g/mol. The Balaban J connectivity index is 0.00000140. The van der Waals surface area contributed by atoms with E-state index in [0.717, 1.165) is 0 Å². The van der Waals surface area contributed by atoms with Gasteiger partial charge in [-0.25, -0.2) is 9.97 Å². The fourth-order valence-corrected chi connectivity index (χ4v) is 3.00. The third kappa shape index (κ3) is 3.44. The first-order valence-corrected chi connectivity index (χ1v) is 7.92. The molecule has 0 bridgehead atoms. The van der Waals surface area contributed by atoms with Crippen LogP contribution in [0.15, 0.2) is 58.1 Å². The molecule has 0 radical (unpaired) electrons. The van der Waals surface area contributed by atoms with Crippen molar-refractivity contribution in [3.63, 3.8) is 0 Å². The minimum Gasteiger partial charge on any atom is -0.497 e. The van der Waals surface area contributed by atoms with Crippen molar-refractivity contribution in [2.24, 2.45) is 0 Å². The van der Waals surface area contributed by atoms with E-state index in [1.807, 2.05) is 0 Å². The Kier molecular flexibility index (Phi) is 6.38. The molecule has 0 N–H and O–H groups in total. The van der Waals surface area contributed by atoms with E-state index in [0.29, 0.717) is 34.0 Å². The monoisotopic (exact) mass is 418 g/mol. The maximum atomic E-state index is 12.5. The number of benzene rings is 2. The van der Waals surface area contributed by atoms with E-state index >= 15 is 0 Å². The largest absolute Gasteiger partial charge is 0.497 e. The lowest BCUT2D eigenvalue weighted by Crippen LogP contribution is -2.04. The van der Waals surface area contributed by atoms with Gasteiger partial charge in [0.1, 0.15) is 11.5 Å². The molecule has 0 saturated heterocycles. The van der Waals surface area contributed by atoms with Crippen molar-refractivity contribution in [1.29, 1.82) is 0 Å². The predicted molar refractivity (Wildman–Crippen MR) is 111 cm³/mol. The number of nitrogens with zero attached hydrogens (tertiary/aromatic N) is 2. The molecule has 0 atom stereocenters. The van der Waals surface area contributed by atoms with Crippen molar-refractivity contribution in [3.05, 3.63) is 79.7 Å². The van der Waals surface area contributed by atoms with Crippen molar-refractivity contribution >= 4 is 24.8 Å². The minimum absolute atomic E-state index is 0. The van der Waals surface area contributed by atoms with Crippen LogP contribution in [0.1, 0.15) is 0 Å². The normalized spacial score (nSPS) is 10.2. The van der Waals surface area contributed by atoms with Crippen molar-refractivity contribution in [1.82, 2.24) is 9.97 Å². The van der Waals surface area contributed by atoms with Crippen molar-refractivity contribution in [3.8, 4) is 34.0 Å². The molecule has 2 aliphatic rings. The molecule has 0 aliphatic carbocycles. The van der Waals surface area contributed by atoms with Gasteiger partial charge < -0.3 is 9.47 Å². The van der Waals surface area contributed by atoms with Gasteiger partial charge in [-0.1, -0.05) is 0 Å². The molecule has 2 aromatic rings. The second-order valence-corrected chi connectivity index (χ2v) is 5.74. The van der Waals surface area contributed by atoms with Gasteiger partial charge in [-0.15, -0.1) is 24.8 Å². The second kappa shape index (κ2) is 8.37. The highest BCUT2D eigenvalue weighted by atomic mass is 35.5. The van der Waals surface area contributed by atoms with Gasteiger partial charge in [-0.05, 0) is 48.5 Å². The molecule has 0 amide bonds. The zero-order chi connectivity index (χ0) is 18.3. The number of aromatic nitrogens is 2. The Labute approximate surface area is 172 Å². The lowest BCUT2D eigenvalue weighted by molar-refractivity contribution is 0.415. The molecule has 4 rings (SSSR count). The van der Waals surface area contributed by atoms with Crippen molar-refractivity contribution < 1.29 is 9.47 Å². The summed E-state index contributed by atoms with van der Waals surface area (Å²) in [6.45, 7) is 0. The molecule has 2 aliphatic heterocycles. The van der Waals surface area contributed by atoms with Gasteiger partial charge in [0.15, 0.2) is 0 Å². The first kappa shape index (κ1) is 21.3. The third-order valence-electron chi connectivity index (χ3n) is 4.30. The van der Waals surface area contributed by atoms with Crippen molar-refractivity contribution in [2.75, 3.05) is 14.2 Å². The molecule has 0 fully saturated rings. The van der Waals surface area contributed by atoms with E-state index < -0.39 is 11.1 Å². The number of ether oxygens (including phenoxy) is 2. The summed E-state index contributed by atoms with van der Waals surface area (Å²) in [7, 11) is 3.14. The molecule has 28 heavy (non-hydrogen) atoms. The zero-order valence-electron chi connectivity index (χ0n) is 15.0. The van der Waals surface area contributed by atoms with Gasteiger partial charge in [-0.2, -0.15) is 0 Å². The highest BCUT2D eigenvalue weighted by Crippen LogP contribution is 2.25. The summed E-state index contributed by atoms with van der Waals surface area (Å²) in [4.78, 5) is 33.2. The Morgan fingerprint density at radius 1 is 0.607 bits per heavy atom. The topological polar surface area (TPSA) is 78.4 Å². The molecule has 144 valence electrons. The molecule has 0 spiro atoms. The van der Waals surface area contributed by atoms with Gasteiger partial charge in [0.25, 0.3) is 11.1 Å². The van der Waals surface area contributed by atoms with Gasteiger partial charge in [0.05, 0.1) is 36.0 Å². The van der Waals surface area contributed by atoms with Crippen LogP contribution in [0.5, 0.6) is 11.5 Å². The number of rotatable bonds is 4. The second-order valence-electron chi connectivity index (χ2n) is 5.74. The van der Waals surface area contributed by atoms with Gasteiger partial charge >= 0.3 is 0 Å². The first-order valence-electron chi connectivity index (χ1n) is 7.92. The Morgan fingerprint density at radius 3 is 1.21 bits per heavy atom. The van der Waals surface area contributed by atoms with Crippen LogP contribution in [0.2, 0.25) is 0 Å². The highest BCUT2D eigenvalue weighted by Gasteiger charge is 2.19. The molecule has 0 saturated carbocycles. The lowest BCUT2D eigenvalue weighted by atomic mass is 10.1. The van der Waals surface area contributed by atoms with Gasteiger partial charge in [0.2, 0.25) is 0 Å². The molecule has 2 heterocycles. The third-order valence-corrected chi connectivity index (χ3v) is 4.30. The summed E-state index contributed by atoms with van der Waals surface area (Å²) in [5, 5.41) is 0.511. The first-order chi connectivity index (χ1) is 12.6. The number of hydrogen-bond donors (Lipinski definition) is 0. The number of methoxy groups -OCH3 is 2. The molecule has 0 aromatic heterocycles. The standard InChI is InChI=1S/C20H14N2O4.2ClH/c1-25-13-7-3-11(4-8-13)17-15-16(20(24)21-17)18(22-19(15)23)12-5-9-14(26-2)10-6-12;;/h3-10H,1-2H3;2*1H. The summed E-state index contributed by atoms with van der Waals surface area (Å²) in [5.74, 6) is 1.36. The summed E-state index contributed by atoms with van der Waals surface area (Å²) in [5.41, 5.74) is 1.14. The summed E-state index contributed by atoms with van der Waals surface area (Å²) >= 11 is 0. The van der Waals surface area contributed by atoms with E-state index in [-0.39, 0.29) is 35.3 Å². The van der Waals surface area contributed by atoms with Crippen LogP contribution >= 0.6 is 24.8 Å². The molecule has 2 aromatic carbocycles. The minimum atomic E-state index is -0.453. The van der Waals surface area contributed by atoms with Crippen LogP contribution in [0.3, 0.4) is 0 Å². The molecule has 8 heteroatoms. The van der Waals surface area contributed by atoms with E-state index in [1.165, 1.54) is 0 Å². The Bertz CT molecular complexity index is 1130.